The van der Waals surface area contributed by atoms with Crippen molar-refractivity contribution < 1.29 is 5.11 Å². The van der Waals surface area contributed by atoms with Crippen LogP contribution in [-0.4, -0.2) is 19.9 Å². The lowest BCUT2D eigenvalue weighted by atomic mass is 10.1. The molecule has 0 atom stereocenters. The first-order valence-electron chi connectivity index (χ1n) is 6.46. The van der Waals surface area contributed by atoms with Crippen LogP contribution in [-0.2, 0) is 12.3 Å². The van der Waals surface area contributed by atoms with Crippen molar-refractivity contribution in [3.63, 3.8) is 0 Å². The van der Waals surface area contributed by atoms with Crippen molar-refractivity contribution in [1.82, 2.24) is 14.8 Å². The fourth-order valence-corrected chi connectivity index (χ4v) is 2.59. The van der Waals surface area contributed by atoms with Crippen LogP contribution in [0.4, 0.5) is 0 Å². The van der Waals surface area contributed by atoms with Gasteiger partial charge in [-0.25, -0.2) is 0 Å². The van der Waals surface area contributed by atoms with E-state index < -0.39 is 0 Å². The maximum Gasteiger partial charge on any atom is 0.152 e. The average molecular weight is 288 g/mol. The molecule has 2 aromatic carbocycles. The van der Waals surface area contributed by atoms with Gasteiger partial charge in [-0.1, -0.05) is 31.2 Å². The molecule has 0 aliphatic rings. The highest BCUT2D eigenvalue weighted by atomic mass is 35.5. The molecule has 0 aliphatic carbocycles. The van der Waals surface area contributed by atoms with Crippen molar-refractivity contribution in [3.05, 3.63) is 48.0 Å². The molecule has 3 rings (SSSR count). The zero-order chi connectivity index (χ0) is 14.1. The number of hydrogen-bond acceptors (Lipinski definition) is 3. The largest absolute Gasteiger partial charge is 0.507 e. The molecule has 0 aliphatic heterocycles. The summed E-state index contributed by atoms with van der Waals surface area (Å²) in [4.78, 5) is 0. The van der Waals surface area contributed by atoms with Crippen LogP contribution in [0.3, 0.4) is 0 Å². The van der Waals surface area contributed by atoms with Gasteiger partial charge in [-0.05, 0) is 12.1 Å². The highest BCUT2D eigenvalue weighted by molar-refractivity contribution is 6.16. The first-order chi connectivity index (χ1) is 9.76. The Morgan fingerprint density at radius 1 is 1.05 bits per heavy atom. The van der Waals surface area contributed by atoms with Crippen molar-refractivity contribution in [1.29, 1.82) is 0 Å². The molecule has 0 saturated heterocycles. The molecule has 4 nitrogen and oxygen atoms in total. The first-order valence-corrected chi connectivity index (χ1v) is 7.00. The second-order valence-corrected chi connectivity index (χ2v) is 4.77. The van der Waals surface area contributed by atoms with E-state index in [9.17, 15) is 5.11 Å². The molecule has 102 valence electrons. The van der Waals surface area contributed by atoms with Crippen LogP contribution in [0.2, 0.25) is 0 Å². The Morgan fingerprint density at radius 2 is 1.75 bits per heavy atom. The Bertz CT molecular complexity index is 745. The SMILES string of the molecule is CCc1nnc(CCl)n1-c1cccc2c(O)cccc12. The molecular weight excluding hydrogens is 274 g/mol. The number of alkyl halides is 1. The van der Waals surface area contributed by atoms with E-state index in [1.165, 1.54) is 0 Å². The quantitative estimate of drug-likeness (QED) is 0.751. The molecule has 0 spiro atoms. The monoisotopic (exact) mass is 287 g/mol. The minimum Gasteiger partial charge on any atom is -0.507 e. The summed E-state index contributed by atoms with van der Waals surface area (Å²) in [5.41, 5.74) is 0.941. The molecule has 0 unspecified atom stereocenters. The predicted molar refractivity (Wildman–Crippen MR) is 79.5 cm³/mol. The average Bonchev–Trinajstić information content (AvgIpc) is 2.90. The van der Waals surface area contributed by atoms with Gasteiger partial charge in [0.1, 0.15) is 11.6 Å². The molecule has 0 radical (unpaired) electrons. The Balaban J connectivity index is 2.35. The summed E-state index contributed by atoms with van der Waals surface area (Å²) in [7, 11) is 0. The van der Waals surface area contributed by atoms with Crippen LogP contribution in [0, 0.1) is 0 Å². The summed E-state index contributed by atoms with van der Waals surface area (Å²) in [6.45, 7) is 2.03. The topological polar surface area (TPSA) is 50.9 Å². The maximum absolute atomic E-state index is 9.98. The van der Waals surface area contributed by atoms with Gasteiger partial charge in [0, 0.05) is 17.2 Å². The number of rotatable bonds is 3. The highest BCUT2D eigenvalue weighted by Crippen LogP contribution is 2.30. The number of benzene rings is 2. The first kappa shape index (κ1) is 12.9. The van der Waals surface area contributed by atoms with Gasteiger partial charge >= 0.3 is 0 Å². The third-order valence-electron chi connectivity index (χ3n) is 3.35. The molecule has 0 bridgehead atoms. The fourth-order valence-electron chi connectivity index (χ4n) is 2.42. The molecule has 20 heavy (non-hydrogen) atoms. The van der Waals surface area contributed by atoms with Crippen LogP contribution in [0.1, 0.15) is 18.6 Å². The minimum atomic E-state index is 0.267. The molecule has 1 aromatic heterocycles. The number of nitrogens with zero attached hydrogens (tertiary/aromatic N) is 3. The number of aromatic hydroxyl groups is 1. The lowest BCUT2D eigenvalue weighted by Crippen LogP contribution is -2.04. The van der Waals surface area contributed by atoms with E-state index in [-0.39, 0.29) is 5.75 Å². The van der Waals surface area contributed by atoms with E-state index in [4.69, 9.17) is 11.6 Å². The summed E-state index contributed by atoms with van der Waals surface area (Å²) in [5.74, 6) is 2.13. The molecular formula is C15H14ClN3O. The van der Waals surface area contributed by atoms with Crippen LogP contribution < -0.4 is 0 Å². The molecule has 1 heterocycles. The van der Waals surface area contributed by atoms with Gasteiger partial charge in [0.2, 0.25) is 0 Å². The molecule has 3 aromatic rings. The second kappa shape index (κ2) is 5.13. The Kier molecular flexibility index (Phi) is 3.32. The van der Waals surface area contributed by atoms with Gasteiger partial charge in [-0.2, -0.15) is 0 Å². The number of aryl methyl sites for hydroxylation is 1. The van der Waals surface area contributed by atoms with Crippen LogP contribution in [0.15, 0.2) is 36.4 Å². The van der Waals surface area contributed by atoms with Crippen molar-refractivity contribution in [2.75, 3.05) is 0 Å². The van der Waals surface area contributed by atoms with Gasteiger partial charge in [-0.3, -0.25) is 4.57 Å². The lowest BCUT2D eigenvalue weighted by Gasteiger charge is -2.12. The van der Waals surface area contributed by atoms with Crippen molar-refractivity contribution in [3.8, 4) is 11.4 Å². The number of hydrogen-bond donors (Lipinski definition) is 1. The van der Waals surface area contributed by atoms with Crippen molar-refractivity contribution in [2.24, 2.45) is 0 Å². The fraction of sp³-hybridized carbons (Fsp3) is 0.200. The van der Waals surface area contributed by atoms with E-state index in [1.807, 2.05) is 41.8 Å². The molecule has 1 N–H and O–H groups in total. The smallest absolute Gasteiger partial charge is 0.152 e. The number of fused-ring (bicyclic) bond motifs is 1. The van der Waals surface area contributed by atoms with Crippen LogP contribution >= 0.6 is 11.6 Å². The number of phenolic OH excluding ortho intramolecular Hbond substituents is 1. The van der Waals surface area contributed by atoms with E-state index >= 15 is 0 Å². The summed E-state index contributed by atoms with van der Waals surface area (Å²) >= 11 is 5.96. The van der Waals surface area contributed by atoms with E-state index in [2.05, 4.69) is 10.2 Å². The third-order valence-corrected chi connectivity index (χ3v) is 3.59. The van der Waals surface area contributed by atoms with Gasteiger partial charge in [0.15, 0.2) is 5.82 Å². The van der Waals surface area contributed by atoms with Gasteiger partial charge in [0.05, 0.1) is 11.6 Å². The molecule has 0 saturated carbocycles. The highest BCUT2D eigenvalue weighted by Gasteiger charge is 2.14. The van der Waals surface area contributed by atoms with Gasteiger partial charge < -0.3 is 5.11 Å². The number of halogens is 1. The van der Waals surface area contributed by atoms with Gasteiger partial charge in [-0.15, -0.1) is 21.8 Å². The standard InChI is InChI=1S/C15H14ClN3O/c1-2-14-17-18-15(9-16)19(14)12-7-3-6-11-10(12)5-4-8-13(11)20/h3-8,20H,2,9H2,1H3. The minimum absolute atomic E-state index is 0.267. The van der Waals surface area contributed by atoms with Crippen LogP contribution in [0.5, 0.6) is 5.75 Å². The van der Waals surface area contributed by atoms with Crippen molar-refractivity contribution >= 4 is 22.4 Å². The number of phenols is 1. The summed E-state index contributed by atoms with van der Waals surface area (Å²) in [6, 6.07) is 11.3. The van der Waals surface area contributed by atoms with E-state index in [1.54, 1.807) is 6.07 Å². The Morgan fingerprint density at radius 3 is 2.50 bits per heavy atom. The van der Waals surface area contributed by atoms with Crippen molar-refractivity contribution in [2.45, 2.75) is 19.2 Å². The molecule has 5 heteroatoms. The lowest BCUT2D eigenvalue weighted by molar-refractivity contribution is 0.481. The number of aromatic nitrogens is 3. The van der Waals surface area contributed by atoms with E-state index in [0.29, 0.717) is 11.7 Å². The zero-order valence-corrected chi connectivity index (χ0v) is 11.8. The molecule has 0 amide bonds. The summed E-state index contributed by atoms with van der Waals surface area (Å²) in [5, 5.41) is 20.0. The van der Waals surface area contributed by atoms with Gasteiger partial charge in [0.25, 0.3) is 0 Å². The second-order valence-electron chi connectivity index (χ2n) is 4.50. The maximum atomic E-state index is 9.98. The molecule has 0 fully saturated rings. The predicted octanol–water partition coefficient (Wildman–Crippen LogP) is 3.43. The normalized spacial score (nSPS) is 11.1. The van der Waals surface area contributed by atoms with E-state index in [0.717, 1.165) is 28.7 Å². The third kappa shape index (κ3) is 1.93. The Hall–Kier alpha value is -2.07. The zero-order valence-electron chi connectivity index (χ0n) is 11.0. The summed E-state index contributed by atoms with van der Waals surface area (Å²) < 4.78 is 1.97. The Labute approximate surface area is 121 Å². The summed E-state index contributed by atoms with van der Waals surface area (Å²) in [6.07, 6.45) is 0.763. The van der Waals surface area contributed by atoms with Crippen LogP contribution in [0.25, 0.3) is 16.5 Å².